The van der Waals surface area contributed by atoms with E-state index >= 15 is 0 Å². The van der Waals surface area contributed by atoms with E-state index in [4.69, 9.17) is 9.84 Å². The minimum atomic E-state index is -0.975. The molecule has 1 unspecified atom stereocenters. The van der Waals surface area contributed by atoms with Gasteiger partial charge in [0.05, 0.1) is 11.4 Å². The Labute approximate surface area is 163 Å². The number of nitrogens with one attached hydrogen (secondary N) is 1. The summed E-state index contributed by atoms with van der Waals surface area (Å²) in [6.45, 7) is 12.9. The maximum Gasteiger partial charge on any atom is 0.344 e. The molecule has 0 aromatic heterocycles. The predicted molar refractivity (Wildman–Crippen MR) is 112 cm³/mol. The summed E-state index contributed by atoms with van der Waals surface area (Å²) in [5.41, 5.74) is 2.89. The SMILES string of the molecule is C=C(C)Nc1cc(OC(C)C(=O)O)ccc1N(CC(C)C)C1CCCCC1. The second-order valence-corrected chi connectivity index (χ2v) is 8.02. The highest BCUT2D eigenvalue weighted by atomic mass is 16.5. The van der Waals surface area contributed by atoms with E-state index in [1.54, 1.807) is 0 Å². The molecule has 1 fully saturated rings. The van der Waals surface area contributed by atoms with Crippen LogP contribution in [-0.4, -0.2) is 29.8 Å². The maximum absolute atomic E-state index is 11.1. The summed E-state index contributed by atoms with van der Waals surface area (Å²) >= 11 is 0. The Morgan fingerprint density at radius 1 is 1.30 bits per heavy atom. The smallest absolute Gasteiger partial charge is 0.344 e. The first-order valence-corrected chi connectivity index (χ1v) is 10.0. The molecule has 5 heteroatoms. The van der Waals surface area contributed by atoms with Crippen molar-refractivity contribution in [1.82, 2.24) is 0 Å². The van der Waals surface area contributed by atoms with E-state index in [1.807, 2.05) is 25.1 Å². The Morgan fingerprint density at radius 2 is 1.96 bits per heavy atom. The second-order valence-electron chi connectivity index (χ2n) is 8.02. The number of benzene rings is 1. The van der Waals surface area contributed by atoms with Gasteiger partial charge in [0.2, 0.25) is 0 Å². The van der Waals surface area contributed by atoms with Gasteiger partial charge in [0, 0.05) is 24.4 Å². The van der Waals surface area contributed by atoms with Gasteiger partial charge in [-0.25, -0.2) is 4.79 Å². The molecule has 0 radical (unpaired) electrons. The third-order valence-electron chi connectivity index (χ3n) is 4.86. The minimum Gasteiger partial charge on any atom is -0.479 e. The van der Waals surface area contributed by atoms with Crippen molar-refractivity contribution in [2.45, 2.75) is 71.9 Å². The number of rotatable bonds is 9. The molecule has 1 aromatic rings. The fraction of sp³-hybridized carbons (Fsp3) is 0.591. The number of allylic oxidation sites excluding steroid dienone is 1. The van der Waals surface area contributed by atoms with Crippen LogP contribution in [0, 0.1) is 5.92 Å². The van der Waals surface area contributed by atoms with Gasteiger partial charge in [-0.3, -0.25) is 0 Å². The number of anilines is 2. The van der Waals surface area contributed by atoms with Crippen LogP contribution in [0.2, 0.25) is 0 Å². The third kappa shape index (κ3) is 6.19. The number of hydrogen-bond donors (Lipinski definition) is 2. The zero-order valence-corrected chi connectivity index (χ0v) is 17.1. The van der Waals surface area contributed by atoms with Crippen LogP contribution in [0.15, 0.2) is 30.5 Å². The molecule has 2 N–H and O–H groups in total. The van der Waals surface area contributed by atoms with Crippen LogP contribution in [0.1, 0.15) is 59.8 Å². The summed E-state index contributed by atoms with van der Waals surface area (Å²) in [6.07, 6.45) is 5.42. The summed E-state index contributed by atoms with van der Waals surface area (Å²) in [5.74, 6) is 0.121. The molecule has 0 bridgehead atoms. The van der Waals surface area contributed by atoms with Gasteiger partial charge in [-0.15, -0.1) is 0 Å². The number of carbonyl (C=O) groups is 1. The molecule has 1 saturated carbocycles. The number of ether oxygens (including phenoxy) is 1. The fourth-order valence-corrected chi connectivity index (χ4v) is 3.65. The molecule has 0 heterocycles. The van der Waals surface area contributed by atoms with Gasteiger partial charge < -0.3 is 20.1 Å². The van der Waals surface area contributed by atoms with Crippen molar-refractivity contribution in [2.75, 3.05) is 16.8 Å². The topological polar surface area (TPSA) is 61.8 Å². The van der Waals surface area contributed by atoms with E-state index in [9.17, 15) is 4.79 Å². The molecule has 0 spiro atoms. The van der Waals surface area contributed by atoms with Gasteiger partial charge >= 0.3 is 5.97 Å². The van der Waals surface area contributed by atoms with Crippen LogP contribution in [0.25, 0.3) is 0 Å². The molecule has 0 saturated heterocycles. The van der Waals surface area contributed by atoms with Gasteiger partial charge in [-0.2, -0.15) is 0 Å². The standard InChI is InChI=1S/C22H34N2O3/c1-15(2)14-24(18-9-7-6-8-10-18)21-12-11-19(27-17(5)22(25)26)13-20(21)23-16(3)4/h11-13,15,17-18,23H,3,6-10,14H2,1-2,4-5H3,(H,25,26). The number of carboxylic acid groups (broad SMARTS) is 1. The van der Waals surface area contributed by atoms with Gasteiger partial charge in [0.25, 0.3) is 0 Å². The lowest BCUT2D eigenvalue weighted by molar-refractivity contribution is -0.144. The lowest BCUT2D eigenvalue weighted by Crippen LogP contribution is -2.39. The zero-order chi connectivity index (χ0) is 20.0. The molecule has 1 aliphatic carbocycles. The highest BCUT2D eigenvalue weighted by molar-refractivity contribution is 5.75. The van der Waals surface area contributed by atoms with E-state index in [-0.39, 0.29) is 0 Å². The predicted octanol–water partition coefficient (Wildman–Crippen LogP) is 5.28. The zero-order valence-electron chi connectivity index (χ0n) is 17.1. The summed E-state index contributed by atoms with van der Waals surface area (Å²) in [4.78, 5) is 13.6. The van der Waals surface area contributed by atoms with Gasteiger partial charge in [-0.05, 0) is 44.7 Å². The second kappa shape index (κ2) is 9.67. The molecule has 0 amide bonds. The summed E-state index contributed by atoms with van der Waals surface area (Å²) < 4.78 is 5.57. The van der Waals surface area contributed by atoms with Crippen molar-refractivity contribution in [3.8, 4) is 5.75 Å². The third-order valence-corrected chi connectivity index (χ3v) is 4.86. The van der Waals surface area contributed by atoms with E-state index in [0.29, 0.717) is 17.7 Å². The van der Waals surface area contributed by atoms with Crippen LogP contribution in [0.4, 0.5) is 11.4 Å². The van der Waals surface area contributed by atoms with E-state index in [2.05, 4.69) is 30.6 Å². The molecule has 2 rings (SSSR count). The van der Waals surface area contributed by atoms with E-state index in [0.717, 1.165) is 23.6 Å². The lowest BCUT2D eigenvalue weighted by atomic mass is 9.93. The molecule has 27 heavy (non-hydrogen) atoms. The Balaban J connectivity index is 2.37. The van der Waals surface area contributed by atoms with E-state index < -0.39 is 12.1 Å². The fourth-order valence-electron chi connectivity index (χ4n) is 3.65. The molecule has 5 nitrogen and oxygen atoms in total. The van der Waals surface area contributed by atoms with Gasteiger partial charge in [0.15, 0.2) is 6.10 Å². The van der Waals surface area contributed by atoms with Crippen LogP contribution in [0.3, 0.4) is 0 Å². The van der Waals surface area contributed by atoms with Crippen molar-refractivity contribution in [3.05, 3.63) is 30.5 Å². The highest BCUT2D eigenvalue weighted by Crippen LogP contribution is 2.36. The number of carboxylic acids is 1. The van der Waals surface area contributed by atoms with Crippen molar-refractivity contribution in [3.63, 3.8) is 0 Å². The first kappa shape index (κ1) is 21.1. The van der Waals surface area contributed by atoms with Gasteiger partial charge in [-0.1, -0.05) is 39.7 Å². The first-order valence-electron chi connectivity index (χ1n) is 10.0. The largest absolute Gasteiger partial charge is 0.479 e. The Bertz CT molecular complexity index is 651. The van der Waals surface area contributed by atoms with Crippen LogP contribution in [0.5, 0.6) is 5.75 Å². The Morgan fingerprint density at radius 3 is 2.52 bits per heavy atom. The molecule has 0 aliphatic heterocycles. The van der Waals surface area contributed by atoms with Crippen molar-refractivity contribution in [1.29, 1.82) is 0 Å². The van der Waals surface area contributed by atoms with Gasteiger partial charge in [0.1, 0.15) is 5.75 Å². The van der Waals surface area contributed by atoms with Crippen LogP contribution in [-0.2, 0) is 4.79 Å². The number of aliphatic carboxylic acids is 1. The maximum atomic E-state index is 11.1. The first-order chi connectivity index (χ1) is 12.8. The number of nitrogens with zero attached hydrogens (tertiary/aromatic N) is 1. The van der Waals surface area contributed by atoms with Crippen LogP contribution < -0.4 is 15.0 Å². The average molecular weight is 375 g/mol. The van der Waals surface area contributed by atoms with Crippen molar-refractivity contribution in [2.24, 2.45) is 5.92 Å². The molecular formula is C22H34N2O3. The Hall–Kier alpha value is -2.17. The van der Waals surface area contributed by atoms with E-state index in [1.165, 1.54) is 39.0 Å². The highest BCUT2D eigenvalue weighted by Gasteiger charge is 2.25. The number of hydrogen-bond acceptors (Lipinski definition) is 4. The quantitative estimate of drug-likeness (QED) is 0.616. The minimum absolute atomic E-state index is 0.538. The molecule has 1 aliphatic rings. The monoisotopic (exact) mass is 374 g/mol. The molecule has 1 aromatic carbocycles. The summed E-state index contributed by atoms with van der Waals surface area (Å²) in [7, 11) is 0. The normalized spacial score (nSPS) is 16.0. The molecule has 150 valence electrons. The average Bonchev–Trinajstić information content (AvgIpc) is 2.60. The molecule has 1 atom stereocenters. The summed E-state index contributed by atoms with van der Waals surface area (Å²) in [5, 5.41) is 12.5. The molecular weight excluding hydrogens is 340 g/mol. The van der Waals surface area contributed by atoms with Crippen LogP contribution >= 0.6 is 0 Å². The summed E-state index contributed by atoms with van der Waals surface area (Å²) in [6, 6.07) is 6.34. The van der Waals surface area contributed by atoms with Crippen molar-refractivity contribution < 1.29 is 14.6 Å². The Kier molecular flexibility index (Phi) is 7.57. The lowest BCUT2D eigenvalue weighted by Gasteiger charge is -2.38. The van der Waals surface area contributed by atoms with Crippen molar-refractivity contribution >= 4 is 17.3 Å².